The molecule has 1 N–H and O–H groups in total. The number of carbonyl (C=O) groups is 3. The van der Waals surface area contributed by atoms with Gasteiger partial charge in [-0.15, -0.1) is 0 Å². The third-order valence-electron chi connectivity index (χ3n) is 6.98. The van der Waals surface area contributed by atoms with Gasteiger partial charge in [-0.05, 0) is 28.3 Å². The molecule has 1 heterocycles. The summed E-state index contributed by atoms with van der Waals surface area (Å²) in [6.45, 7) is 0. The van der Waals surface area contributed by atoms with Crippen molar-refractivity contribution in [3.63, 3.8) is 0 Å². The van der Waals surface area contributed by atoms with Crippen molar-refractivity contribution >= 4 is 23.4 Å². The van der Waals surface area contributed by atoms with Crippen LogP contribution in [-0.4, -0.2) is 27.7 Å². The monoisotopic (exact) mass is 439 g/mol. The van der Waals surface area contributed by atoms with E-state index in [1.54, 1.807) is 0 Å². The number of hydrazine groups is 1. The third-order valence-corrected chi connectivity index (χ3v) is 6.98. The summed E-state index contributed by atoms with van der Waals surface area (Å²) in [5, 5.41) is 11.9. The van der Waals surface area contributed by atoms with E-state index in [0.29, 0.717) is 0 Å². The number of benzene rings is 3. The fourth-order valence-electron chi connectivity index (χ4n) is 5.71. The zero-order valence-corrected chi connectivity index (χ0v) is 17.2. The molecule has 0 saturated carbocycles. The van der Waals surface area contributed by atoms with Gasteiger partial charge in [0.1, 0.15) is 0 Å². The van der Waals surface area contributed by atoms with Crippen LogP contribution < -0.4 is 5.43 Å². The number of nitrogens with zero attached hydrogens (tertiary/aromatic N) is 2. The molecular weight excluding hydrogens is 422 g/mol. The van der Waals surface area contributed by atoms with Gasteiger partial charge in [0.2, 0.25) is 0 Å². The molecule has 0 spiro atoms. The summed E-state index contributed by atoms with van der Waals surface area (Å²) in [5.74, 6) is -3.44. The van der Waals surface area contributed by atoms with E-state index < -0.39 is 34.5 Å². The molecule has 0 unspecified atom stereocenters. The summed E-state index contributed by atoms with van der Waals surface area (Å²) >= 11 is 0. The molecule has 3 aromatic carbocycles. The van der Waals surface area contributed by atoms with Gasteiger partial charge in [-0.25, -0.2) is 0 Å². The third kappa shape index (κ3) is 2.60. The number of amides is 3. The predicted molar refractivity (Wildman–Crippen MR) is 116 cm³/mol. The molecule has 2 atom stereocenters. The maximum Gasteiger partial charge on any atom is 0.270 e. The molecule has 8 nitrogen and oxygen atoms in total. The molecular formula is C25H17N3O5. The SMILES string of the molecule is O=C(NN1C(=O)[C@@H]2C3c4ccccc4C(c4ccccc43)[C@H]2C1=O)c1cccc([N+](=O)[O-])c1. The van der Waals surface area contributed by atoms with Crippen molar-refractivity contribution in [2.45, 2.75) is 11.8 Å². The van der Waals surface area contributed by atoms with E-state index in [-0.39, 0.29) is 23.1 Å². The van der Waals surface area contributed by atoms with Gasteiger partial charge in [-0.1, -0.05) is 54.6 Å². The lowest BCUT2D eigenvalue weighted by atomic mass is 9.55. The van der Waals surface area contributed by atoms with Gasteiger partial charge < -0.3 is 0 Å². The topological polar surface area (TPSA) is 110 Å². The van der Waals surface area contributed by atoms with E-state index >= 15 is 0 Å². The molecule has 1 aliphatic heterocycles. The van der Waals surface area contributed by atoms with Gasteiger partial charge in [0.05, 0.1) is 16.8 Å². The quantitative estimate of drug-likeness (QED) is 0.383. The first-order chi connectivity index (χ1) is 16.0. The van der Waals surface area contributed by atoms with Crippen molar-refractivity contribution in [1.82, 2.24) is 10.4 Å². The fourth-order valence-corrected chi connectivity index (χ4v) is 5.71. The summed E-state index contributed by atoms with van der Waals surface area (Å²) in [7, 11) is 0. The Morgan fingerprint density at radius 3 is 1.73 bits per heavy atom. The van der Waals surface area contributed by atoms with Crippen molar-refractivity contribution in [2.75, 3.05) is 0 Å². The number of non-ortho nitro benzene ring substituents is 1. The molecule has 0 aromatic heterocycles. The lowest BCUT2D eigenvalue weighted by Crippen LogP contribution is -2.46. The molecule has 0 radical (unpaired) electrons. The molecule has 2 bridgehead atoms. The maximum atomic E-state index is 13.5. The Hall–Kier alpha value is -4.33. The fraction of sp³-hybridized carbons (Fsp3) is 0.160. The molecule has 33 heavy (non-hydrogen) atoms. The lowest BCUT2D eigenvalue weighted by molar-refractivity contribution is -0.384. The van der Waals surface area contributed by atoms with Crippen LogP contribution in [-0.2, 0) is 9.59 Å². The molecule has 162 valence electrons. The van der Waals surface area contributed by atoms with E-state index in [1.807, 2.05) is 48.5 Å². The first-order valence-corrected chi connectivity index (χ1v) is 10.6. The minimum absolute atomic E-state index is 0.00536. The van der Waals surface area contributed by atoms with Crippen molar-refractivity contribution in [2.24, 2.45) is 11.8 Å². The molecule has 1 saturated heterocycles. The predicted octanol–water partition coefficient (Wildman–Crippen LogP) is 3.13. The van der Waals surface area contributed by atoms with Gasteiger partial charge in [0.25, 0.3) is 23.4 Å². The molecule has 3 aliphatic carbocycles. The number of imide groups is 1. The normalized spacial score (nSPS) is 24.2. The van der Waals surface area contributed by atoms with Crippen LogP contribution in [0, 0.1) is 22.0 Å². The van der Waals surface area contributed by atoms with Crippen LogP contribution in [0.25, 0.3) is 0 Å². The van der Waals surface area contributed by atoms with Crippen LogP contribution >= 0.6 is 0 Å². The minimum Gasteiger partial charge on any atom is -0.272 e. The Balaban J connectivity index is 1.39. The molecule has 1 fully saturated rings. The van der Waals surface area contributed by atoms with Gasteiger partial charge in [-0.2, -0.15) is 5.01 Å². The highest BCUT2D eigenvalue weighted by Gasteiger charge is 2.62. The Morgan fingerprint density at radius 1 is 0.788 bits per heavy atom. The van der Waals surface area contributed by atoms with Crippen molar-refractivity contribution in [3.05, 3.63) is 111 Å². The average molecular weight is 439 g/mol. The molecule has 3 aromatic rings. The second kappa shape index (κ2) is 6.83. The Morgan fingerprint density at radius 2 is 1.27 bits per heavy atom. The number of nitro benzene ring substituents is 1. The molecule has 7 rings (SSSR count). The second-order valence-electron chi connectivity index (χ2n) is 8.52. The van der Waals surface area contributed by atoms with Crippen LogP contribution in [0.4, 0.5) is 5.69 Å². The minimum atomic E-state index is -0.749. The number of rotatable bonds is 3. The largest absolute Gasteiger partial charge is 0.272 e. The molecule has 8 heteroatoms. The highest BCUT2D eigenvalue weighted by molar-refractivity contribution is 6.09. The van der Waals surface area contributed by atoms with Gasteiger partial charge in [0.15, 0.2) is 0 Å². The van der Waals surface area contributed by atoms with E-state index in [2.05, 4.69) is 5.43 Å². The zero-order valence-electron chi connectivity index (χ0n) is 17.2. The van der Waals surface area contributed by atoms with Crippen LogP contribution in [0.2, 0.25) is 0 Å². The van der Waals surface area contributed by atoms with Crippen LogP contribution in [0.15, 0.2) is 72.8 Å². The highest BCUT2D eigenvalue weighted by Crippen LogP contribution is 2.60. The Bertz CT molecular complexity index is 1270. The average Bonchev–Trinajstić information content (AvgIpc) is 3.09. The highest BCUT2D eigenvalue weighted by atomic mass is 16.6. The zero-order chi connectivity index (χ0) is 22.9. The first-order valence-electron chi connectivity index (χ1n) is 10.6. The van der Waals surface area contributed by atoms with Crippen LogP contribution in [0.3, 0.4) is 0 Å². The van der Waals surface area contributed by atoms with E-state index in [4.69, 9.17) is 0 Å². The standard InChI is InChI=1S/C25H17N3O5/c29-23(13-6-5-7-14(12-13)28(32)33)26-27-24(30)21-19-15-8-1-2-9-16(15)20(22(21)25(27)31)18-11-4-3-10-17(18)19/h1-12,19-22H,(H,26,29)/t19?,20?,21-,22-/m1/s1. The van der Waals surface area contributed by atoms with E-state index in [9.17, 15) is 24.5 Å². The second-order valence-corrected chi connectivity index (χ2v) is 8.52. The summed E-state index contributed by atoms with van der Waals surface area (Å²) in [6, 6.07) is 20.9. The smallest absolute Gasteiger partial charge is 0.270 e. The Labute approximate surface area is 188 Å². The maximum absolute atomic E-state index is 13.5. The Kier molecular flexibility index (Phi) is 4.01. The van der Waals surface area contributed by atoms with Crippen molar-refractivity contribution < 1.29 is 19.3 Å². The van der Waals surface area contributed by atoms with Gasteiger partial charge in [-0.3, -0.25) is 29.9 Å². The van der Waals surface area contributed by atoms with Crippen LogP contribution in [0.5, 0.6) is 0 Å². The van der Waals surface area contributed by atoms with Crippen LogP contribution in [0.1, 0.15) is 44.4 Å². The summed E-state index contributed by atoms with van der Waals surface area (Å²) < 4.78 is 0. The molecule has 4 aliphatic rings. The number of nitro groups is 1. The van der Waals surface area contributed by atoms with Gasteiger partial charge in [0, 0.05) is 29.5 Å². The number of hydrogen-bond donors (Lipinski definition) is 1. The van der Waals surface area contributed by atoms with Crippen molar-refractivity contribution in [1.29, 1.82) is 0 Å². The van der Waals surface area contributed by atoms with Gasteiger partial charge >= 0.3 is 0 Å². The summed E-state index contributed by atoms with van der Waals surface area (Å²) in [6.07, 6.45) is 0. The van der Waals surface area contributed by atoms with E-state index in [0.717, 1.165) is 33.3 Å². The number of nitrogens with one attached hydrogen (secondary N) is 1. The van der Waals surface area contributed by atoms with Crippen molar-refractivity contribution in [3.8, 4) is 0 Å². The summed E-state index contributed by atoms with van der Waals surface area (Å²) in [5.41, 5.74) is 6.31. The number of carbonyl (C=O) groups excluding carboxylic acids is 3. The van der Waals surface area contributed by atoms with E-state index in [1.165, 1.54) is 18.2 Å². The molecule has 3 amide bonds. The number of hydrogen-bond acceptors (Lipinski definition) is 5. The lowest BCUT2D eigenvalue weighted by Gasteiger charge is -2.45. The first kappa shape index (κ1) is 19.4. The summed E-state index contributed by atoms with van der Waals surface area (Å²) in [4.78, 5) is 50.2.